The number of rotatable bonds is 5. The predicted octanol–water partition coefficient (Wildman–Crippen LogP) is 0.691. The lowest BCUT2D eigenvalue weighted by Gasteiger charge is -2.26. The highest BCUT2D eigenvalue weighted by atomic mass is 32.5. The van der Waals surface area contributed by atoms with Gasteiger partial charge in [0.25, 0.3) is 6.64 Å². The van der Waals surface area contributed by atoms with Crippen LogP contribution in [0.15, 0.2) is 0 Å². The van der Waals surface area contributed by atoms with Crippen LogP contribution in [-0.4, -0.2) is 49.0 Å². The molecule has 0 aliphatic carbocycles. The highest BCUT2D eigenvalue weighted by Gasteiger charge is 2.18. The van der Waals surface area contributed by atoms with Crippen LogP contribution in [-0.2, 0) is 20.9 Å². The Bertz CT molecular complexity index is 255. The molecule has 0 aromatic carbocycles. The summed E-state index contributed by atoms with van der Waals surface area (Å²) < 4.78 is 10.1. The highest BCUT2D eigenvalue weighted by molar-refractivity contribution is 8.09. The van der Waals surface area contributed by atoms with Crippen LogP contribution in [0, 0.1) is 0 Å². The number of nitrogens with zero attached hydrogens (tertiary/aromatic N) is 1. The van der Waals surface area contributed by atoms with E-state index in [1.807, 2.05) is 0 Å². The zero-order valence-corrected chi connectivity index (χ0v) is 11.8. The summed E-state index contributed by atoms with van der Waals surface area (Å²) in [5.74, 6) is 0. The summed E-state index contributed by atoms with van der Waals surface area (Å²) in [5.41, 5.74) is 0. The maximum Gasteiger partial charge on any atom is 0.288 e. The third-order valence-electron chi connectivity index (χ3n) is 1.60. The quantitative estimate of drug-likeness (QED) is 0.564. The van der Waals surface area contributed by atoms with E-state index in [0.29, 0.717) is 11.7 Å². The van der Waals surface area contributed by atoms with E-state index in [-0.39, 0.29) is 0 Å². The van der Waals surface area contributed by atoms with Crippen molar-refractivity contribution in [3.63, 3.8) is 0 Å². The molecule has 0 heterocycles. The molecule has 0 spiro atoms. The first-order valence-corrected chi connectivity index (χ1v) is 7.32. The van der Waals surface area contributed by atoms with Gasteiger partial charge in [-0.25, -0.2) is 0 Å². The van der Waals surface area contributed by atoms with Gasteiger partial charge in [0.1, 0.15) is 0 Å². The van der Waals surface area contributed by atoms with Crippen molar-refractivity contribution in [2.24, 2.45) is 0 Å². The number of likely N-dealkylation sites (N-methyl/N-ethyl adjacent to an activating group) is 1. The van der Waals surface area contributed by atoms with Gasteiger partial charge in [0.15, 0.2) is 5.11 Å². The first kappa shape index (κ1) is 15.2. The monoisotopic (exact) mass is 272 g/mol. The lowest BCUT2D eigenvalue weighted by atomic mass is 10.4. The molecule has 0 amide bonds. The van der Waals surface area contributed by atoms with Gasteiger partial charge in [0.2, 0.25) is 0 Å². The van der Waals surface area contributed by atoms with E-state index in [4.69, 9.17) is 33.1 Å². The van der Waals surface area contributed by atoms with Gasteiger partial charge in [-0.2, -0.15) is 0 Å². The summed E-state index contributed by atoms with van der Waals surface area (Å²) in [6, 6.07) is 0. The van der Waals surface area contributed by atoms with E-state index in [0.717, 1.165) is 0 Å². The van der Waals surface area contributed by atoms with Crippen molar-refractivity contribution in [2.75, 3.05) is 27.8 Å². The summed E-state index contributed by atoms with van der Waals surface area (Å²) in [5, 5.41) is 12.4. The van der Waals surface area contributed by atoms with Gasteiger partial charge in [-0.3, -0.25) is 5.09 Å². The molecule has 0 radical (unpaired) electrons. The molecule has 1 unspecified atom stereocenters. The lowest BCUT2D eigenvalue weighted by molar-refractivity contribution is 0.168. The molecule has 0 rings (SSSR count). The van der Waals surface area contributed by atoms with Crippen LogP contribution in [0.1, 0.15) is 6.92 Å². The SMILES string of the molecule is COP(=S)(NC(=S)N(C)CC(C)O)OC. The number of hydrogen-bond acceptors (Lipinski definition) is 5. The Morgan fingerprint density at radius 2 is 2.00 bits per heavy atom. The normalized spacial score (nSPS) is 13.4. The van der Waals surface area contributed by atoms with Gasteiger partial charge < -0.3 is 19.1 Å². The highest BCUT2D eigenvalue weighted by Crippen LogP contribution is 2.41. The number of hydrogen-bond donors (Lipinski definition) is 2. The summed E-state index contributed by atoms with van der Waals surface area (Å²) in [6.07, 6.45) is -0.460. The maximum atomic E-state index is 9.18. The average Bonchev–Trinajstić information content (AvgIpc) is 2.16. The van der Waals surface area contributed by atoms with Crippen molar-refractivity contribution in [3.05, 3.63) is 0 Å². The van der Waals surface area contributed by atoms with E-state index < -0.39 is 12.7 Å². The van der Waals surface area contributed by atoms with E-state index in [9.17, 15) is 5.11 Å². The fraction of sp³-hybridized carbons (Fsp3) is 0.857. The van der Waals surface area contributed by atoms with Crippen LogP contribution in [0.5, 0.6) is 0 Å². The third kappa shape index (κ3) is 5.75. The molecule has 0 aromatic heterocycles. The largest absolute Gasteiger partial charge is 0.392 e. The molecule has 2 N–H and O–H groups in total. The first-order valence-electron chi connectivity index (χ1n) is 4.27. The fourth-order valence-electron chi connectivity index (χ4n) is 0.848. The van der Waals surface area contributed by atoms with E-state index in [1.54, 1.807) is 18.9 Å². The number of aliphatic hydroxyl groups is 1. The van der Waals surface area contributed by atoms with Crippen molar-refractivity contribution in [1.29, 1.82) is 0 Å². The molecule has 90 valence electrons. The Balaban J connectivity index is 4.29. The molecular weight excluding hydrogens is 255 g/mol. The van der Waals surface area contributed by atoms with Crippen molar-refractivity contribution in [2.45, 2.75) is 13.0 Å². The molecule has 0 aliphatic heterocycles. The number of aliphatic hydroxyl groups excluding tert-OH is 1. The van der Waals surface area contributed by atoms with Gasteiger partial charge in [-0.05, 0) is 30.9 Å². The van der Waals surface area contributed by atoms with Gasteiger partial charge in [0.05, 0.1) is 6.10 Å². The topological polar surface area (TPSA) is 54.0 Å². The minimum atomic E-state index is -2.52. The molecule has 0 saturated heterocycles. The molecule has 1 atom stereocenters. The second kappa shape index (κ2) is 6.73. The molecular formula is C7H17N2O3PS2. The van der Waals surface area contributed by atoms with Gasteiger partial charge in [-0.15, -0.1) is 0 Å². The Morgan fingerprint density at radius 1 is 1.53 bits per heavy atom. The van der Waals surface area contributed by atoms with Crippen LogP contribution in [0.4, 0.5) is 0 Å². The number of nitrogens with one attached hydrogen (secondary N) is 1. The Morgan fingerprint density at radius 3 is 2.33 bits per heavy atom. The van der Waals surface area contributed by atoms with Crippen molar-refractivity contribution >= 4 is 35.8 Å². The smallest absolute Gasteiger partial charge is 0.288 e. The molecule has 0 aliphatic rings. The maximum absolute atomic E-state index is 9.18. The molecule has 5 nitrogen and oxygen atoms in total. The predicted molar refractivity (Wildman–Crippen MR) is 68.3 cm³/mol. The zero-order valence-electron chi connectivity index (χ0n) is 9.26. The van der Waals surface area contributed by atoms with E-state index in [2.05, 4.69) is 5.09 Å². The lowest BCUT2D eigenvalue weighted by Crippen LogP contribution is -2.39. The van der Waals surface area contributed by atoms with Crippen molar-refractivity contribution < 1.29 is 14.2 Å². The third-order valence-corrected chi connectivity index (χ3v) is 4.78. The summed E-state index contributed by atoms with van der Waals surface area (Å²) >= 11 is 10.2. The van der Waals surface area contributed by atoms with Crippen LogP contribution in [0.2, 0.25) is 0 Å². The summed E-state index contributed by atoms with van der Waals surface area (Å²) in [4.78, 5) is 1.68. The Kier molecular flexibility index (Phi) is 6.83. The van der Waals surface area contributed by atoms with Gasteiger partial charge >= 0.3 is 0 Å². The first-order chi connectivity index (χ1) is 6.84. The van der Waals surface area contributed by atoms with E-state index >= 15 is 0 Å². The molecule has 0 fully saturated rings. The fourth-order valence-corrected chi connectivity index (χ4v) is 2.45. The van der Waals surface area contributed by atoms with Crippen LogP contribution in [0.3, 0.4) is 0 Å². The average molecular weight is 272 g/mol. The summed E-state index contributed by atoms with van der Waals surface area (Å²) in [6.45, 7) is -0.408. The molecule has 8 heteroatoms. The van der Waals surface area contributed by atoms with Crippen LogP contribution in [0.25, 0.3) is 0 Å². The van der Waals surface area contributed by atoms with Gasteiger partial charge in [0, 0.05) is 27.8 Å². The minimum absolute atomic E-state index is 0.405. The van der Waals surface area contributed by atoms with Crippen LogP contribution >= 0.6 is 18.9 Å². The Labute approximate surface area is 101 Å². The van der Waals surface area contributed by atoms with Crippen molar-refractivity contribution in [3.8, 4) is 0 Å². The summed E-state index contributed by atoms with van der Waals surface area (Å²) in [7, 11) is 4.69. The van der Waals surface area contributed by atoms with Crippen LogP contribution < -0.4 is 5.09 Å². The van der Waals surface area contributed by atoms with Crippen molar-refractivity contribution in [1.82, 2.24) is 9.99 Å². The molecule has 15 heavy (non-hydrogen) atoms. The van der Waals surface area contributed by atoms with Gasteiger partial charge in [-0.1, -0.05) is 0 Å². The standard InChI is InChI=1S/C7H17N2O3PS2/c1-6(10)5-9(2)7(14)8-13(15,11-3)12-4/h6,10H,5H2,1-4H3,(H,8,14,15). The zero-order chi connectivity index (χ0) is 12.1. The molecule has 0 aromatic rings. The number of thiocarbonyl (C=S) groups is 1. The molecule has 0 saturated carbocycles. The minimum Gasteiger partial charge on any atom is -0.392 e. The second-order valence-corrected chi connectivity index (χ2v) is 6.79. The Hall–Kier alpha value is 0.220. The van der Waals surface area contributed by atoms with E-state index in [1.165, 1.54) is 14.2 Å². The second-order valence-electron chi connectivity index (χ2n) is 3.01. The molecule has 0 bridgehead atoms.